The second-order valence-electron chi connectivity index (χ2n) is 12.4. The van der Waals surface area contributed by atoms with Gasteiger partial charge in [-0.05, 0) is 61.9 Å². The normalized spacial score (nSPS) is 20.4. The molecule has 2 aliphatic rings. The number of piperidine rings is 1. The molecule has 1 amide bonds. The number of carbonyl (C=O) groups is 1. The van der Waals surface area contributed by atoms with Gasteiger partial charge in [-0.1, -0.05) is 23.6 Å². The number of amides is 1. The second-order valence-corrected chi connectivity index (χ2v) is 13.6. The fourth-order valence-corrected chi connectivity index (χ4v) is 7.08. The Bertz CT molecular complexity index is 1720. The fraction of sp³-hybridized carbons (Fsp3) is 0.433. The van der Waals surface area contributed by atoms with Crippen LogP contribution in [-0.2, 0) is 11.3 Å². The zero-order chi connectivity index (χ0) is 35.8. The van der Waals surface area contributed by atoms with E-state index in [2.05, 4.69) is 32.0 Å². The third-order valence-electron chi connectivity index (χ3n) is 9.11. The standard InChI is InChI=1S/C30H25B9FN5O3S/c1-44-11-8-19(9-12-44)43-25(46)47-13-3-4-18-6-7-22(14-23(18)40)48-17-21-16-42-24(45(21)20-5-2-10-41-15-20)49-30(39)28(35,36)26(31,32)27(33,34)29(30,37)38/h2,5-7,10,14-16,19H,8-9,11-13,17H2,1H3,(H,43,46). The summed E-state index contributed by atoms with van der Waals surface area (Å²) in [5, 5.41) is -5.86. The van der Waals surface area contributed by atoms with Crippen LogP contribution >= 0.6 is 11.8 Å². The van der Waals surface area contributed by atoms with E-state index < -0.39 is 37.4 Å². The molecule has 2 aromatic heterocycles. The van der Waals surface area contributed by atoms with Gasteiger partial charge in [0.25, 0.3) is 0 Å². The number of pyridine rings is 1. The molecule has 3 aromatic rings. The smallest absolute Gasteiger partial charge is 0.408 e. The van der Waals surface area contributed by atoms with Crippen molar-refractivity contribution in [2.45, 2.75) is 56.1 Å². The number of rotatable bonds is 8. The fourth-order valence-electron chi connectivity index (χ4n) is 5.70. The maximum Gasteiger partial charge on any atom is 0.408 e. The third-order valence-corrected chi connectivity index (χ3v) is 10.6. The quantitative estimate of drug-likeness (QED) is 0.287. The minimum absolute atomic E-state index is 0.0579. The molecule has 8 nitrogen and oxygen atoms in total. The van der Waals surface area contributed by atoms with Gasteiger partial charge in [-0.3, -0.25) is 9.55 Å². The van der Waals surface area contributed by atoms with Gasteiger partial charge < -0.3 is 19.7 Å². The van der Waals surface area contributed by atoms with Crippen molar-refractivity contribution in [3.05, 3.63) is 66.0 Å². The van der Waals surface area contributed by atoms with Crippen LogP contribution in [0.1, 0.15) is 24.1 Å². The Balaban J connectivity index is 1.29. The van der Waals surface area contributed by atoms with E-state index >= 15 is 0 Å². The molecule has 1 aromatic carbocycles. The number of thioether (sulfide) groups is 1. The van der Waals surface area contributed by atoms with Crippen molar-refractivity contribution in [1.29, 1.82) is 0 Å². The van der Waals surface area contributed by atoms with Crippen molar-refractivity contribution in [2.24, 2.45) is 0 Å². The Labute approximate surface area is 303 Å². The Kier molecular flexibility index (Phi) is 10.6. The molecule has 18 radical (unpaired) electrons. The highest BCUT2D eigenvalue weighted by atomic mass is 32.2. The molecular formula is C30H25B9FN5O3S. The zero-order valence-corrected chi connectivity index (χ0v) is 27.8. The number of hydrogen-bond donors (Lipinski definition) is 1. The lowest BCUT2D eigenvalue weighted by molar-refractivity contribution is 0.147. The van der Waals surface area contributed by atoms with Gasteiger partial charge >= 0.3 is 6.09 Å². The molecule has 1 saturated heterocycles. The first-order chi connectivity index (χ1) is 22.9. The minimum Gasteiger partial charge on any atom is -0.487 e. The van der Waals surface area contributed by atoms with E-state index in [0.717, 1.165) is 37.7 Å². The summed E-state index contributed by atoms with van der Waals surface area (Å²) in [6, 6.07) is 7.69. The monoisotopic (exact) mass is 653 g/mol. The van der Waals surface area contributed by atoms with Crippen molar-refractivity contribution in [2.75, 3.05) is 26.7 Å². The van der Waals surface area contributed by atoms with E-state index in [4.69, 9.17) is 80.1 Å². The van der Waals surface area contributed by atoms with E-state index in [1.807, 2.05) is 7.05 Å². The van der Waals surface area contributed by atoms with Gasteiger partial charge in [-0.25, -0.2) is 14.2 Å². The van der Waals surface area contributed by atoms with Crippen molar-refractivity contribution in [3.63, 3.8) is 0 Å². The van der Waals surface area contributed by atoms with Crippen LogP contribution in [0.15, 0.2) is 54.1 Å². The maximum absolute atomic E-state index is 15.0. The predicted octanol–water partition coefficient (Wildman–Crippen LogP) is 0.941. The molecule has 228 valence electrons. The SMILES string of the molecule is [B]C1([B])C([B])([B])C([B])([B])C([B])(Sc2ncc(COc3ccc(C#CCOC(=O)NC4CCN(C)CC4)c(F)c3)n2-c2cccnc2)C1([B])[B]. The third kappa shape index (κ3) is 6.76. The first-order valence-corrected chi connectivity index (χ1v) is 16.0. The van der Waals surface area contributed by atoms with E-state index in [1.54, 1.807) is 35.2 Å². The number of hydrogen-bond acceptors (Lipinski definition) is 7. The number of aromatic nitrogens is 3. The highest BCUT2D eigenvalue weighted by Gasteiger charge is 2.69. The molecule has 0 bridgehead atoms. The van der Waals surface area contributed by atoms with Crippen molar-refractivity contribution in [1.82, 2.24) is 24.8 Å². The number of carbonyl (C=O) groups excluding carboxylic acids is 1. The molecule has 1 aliphatic heterocycles. The summed E-state index contributed by atoms with van der Waals surface area (Å²) >= 11 is 0.774. The lowest BCUT2D eigenvalue weighted by Gasteiger charge is -2.52. The van der Waals surface area contributed by atoms with E-state index in [0.29, 0.717) is 11.4 Å². The van der Waals surface area contributed by atoms with E-state index in [-0.39, 0.29) is 35.7 Å². The van der Waals surface area contributed by atoms with Crippen LogP contribution in [0.3, 0.4) is 0 Å². The summed E-state index contributed by atoms with van der Waals surface area (Å²) in [7, 11) is 59.2. The van der Waals surface area contributed by atoms with Crippen LogP contribution in [0.4, 0.5) is 9.18 Å². The van der Waals surface area contributed by atoms with Gasteiger partial charge in [0.15, 0.2) is 11.8 Å². The number of likely N-dealkylation sites (tertiary alicyclic amines) is 1. The number of halogens is 1. The molecule has 0 atom stereocenters. The Morgan fingerprint density at radius 3 is 2.31 bits per heavy atom. The summed E-state index contributed by atoms with van der Waals surface area (Å²) in [6.45, 7) is 1.51. The van der Waals surface area contributed by atoms with Gasteiger partial charge in [0.1, 0.15) is 18.2 Å². The molecule has 0 unspecified atom stereocenters. The summed E-state index contributed by atoms with van der Waals surface area (Å²) in [6.07, 6.45) is 5.77. The van der Waals surface area contributed by atoms with Crippen LogP contribution in [0.5, 0.6) is 5.75 Å². The van der Waals surface area contributed by atoms with Gasteiger partial charge in [-0.2, -0.15) is 0 Å². The molecule has 1 N–H and O–H groups in total. The highest BCUT2D eigenvalue weighted by molar-refractivity contribution is 8.02. The number of benzene rings is 1. The van der Waals surface area contributed by atoms with Crippen molar-refractivity contribution >= 4 is 88.5 Å². The van der Waals surface area contributed by atoms with Crippen molar-refractivity contribution in [3.8, 4) is 23.3 Å². The summed E-state index contributed by atoms with van der Waals surface area (Å²) in [5.74, 6) is 4.90. The number of imidazole rings is 1. The zero-order valence-electron chi connectivity index (χ0n) is 26.9. The van der Waals surface area contributed by atoms with Gasteiger partial charge in [0, 0.05) is 18.3 Å². The molecule has 2 fully saturated rings. The first kappa shape index (κ1) is 37.3. The Morgan fingerprint density at radius 2 is 1.69 bits per heavy atom. The molecule has 0 spiro atoms. The first-order valence-electron chi connectivity index (χ1n) is 15.2. The van der Waals surface area contributed by atoms with Crippen LogP contribution in [-0.4, -0.2) is 134 Å². The topological polar surface area (TPSA) is 81.5 Å². The average Bonchev–Trinajstić information content (AvgIpc) is 3.47. The predicted molar refractivity (Wildman–Crippen MR) is 195 cm³/mol. The van der Waals surface area contributed by atoms with E-state index in [1.165, 1.54) is 18.3 Å². The molecule has 5 rings (SSSR count). The highest BCUT2D eigenvalue weighted by Crippen LogP contribution is 2.82. The number of nitrogens with one attached hydrogen (secondary N) is 1. The van der Waals surface area contributed by atoms with Crippen LogP contribution < -0.4 is 10.1 Å². The Morgan fingerprint density at radius 1 is 1.02 bits per heavy atom. The minimum atomic E-state index is -2.22. The summed E-state index contributed by atoms with van der Waals surface area (Å²) < 4.78 is 25.6. The van der Waals surface area contributed by atoms with Crippen LogP contribution in [0.25, 0.3) is 5.69 Å². The number of nitrogens with zero attached hydrogens (tertiary/aromatic N) is 4. The average molecular weight is 652 g/mol. The van der Waals surface area contributed by atoms with Crippen LogP contribution in [0.2, 0.25) is 20.9 Å². The summed E-state index contributed by atoms with van der Waals surface area (Å²) in [4.78, 5) is 22.9. The molecule has 1 aliphatic carbocycles. The molecule has 1 saturated carbocycles. The largest absolute Gasteiger partial charge is 0.487 e. The van der Waals surface area contributed by atoms with Gasteiger partial charge in [0.05, 0.1) is 100.0 Å². The molecule has 49 heavy (non-hydrogen) atoms. The summed E-state index contributed by atoms with van der Waals surface area (Å²) in [5.41, 5.74) is 1.12. The van der Waals surface area contributed by atoms with Crippen LogP contribution in [0, 0.1) is 17.7 Å². The molecule has 3 heterocycles. The second kappa shape index (κ2) is 14.0. The van der Waals surface area contributed by atoms with Crippen molar-refractivity contribution < 1.29 is 18.7 Å². The van der Waals surface area contributed by atoms with Gasteiger partial charge in [-0.15, -0.1) is 20.9 Å². The maximum atomic E-state index is 15.0. The molecular weight excluding hydrogens is 627 g/mol. The molecule has 19 heteroatoms. The number of ether oxygens (including phenoxy) is 2. The van der Waals surface area contributed by atoms with E-state index in [9.17, 15) is 9.18 Å². The van der Waals surface area contributed by atoms with Gasteiger partial charge in [0.2, 0.25) is 0 Å². The lowest BCUT2D eigenvalue weighted by Crippen LogP contribution is -2.49. The Hall–Kier alpha value is -2.97. The lowest BCUT2D eigenvalue weighted by atomic mass is 9.17. The number of alkyl carbamates (subject to hydrolysis) is 1.